The molecular formula is C25H33NO3. The molecule has 1 amide bonds. The molecule has 0 aliphatic heterocycles. The van der Waals surface area contributed by atoms with Crippen LogP contribution in [0, 0.1) is 5.41 Å². The Hall–Kier alpha value is -2.62. The Labute approximate surface area is 174 Å². The van der Waals surface area contributed by atoms with Gasteiger partial charge in [0, 0.05) is 17.4 Å². The van der Waals surface area contributed by atoms with E-state index in [9.17, 15) is 9.59 Å². The van der Waals surface area contributed by atoms with Gasteiger partial charge in [0.1, 0.15) is 12.4 Å². The summed E-state index contributed by atoms with van der Waals surface area (Å²) in [5, 5.41) is 0. The maximum Gasteiger partial charge on any atom is 0.411 e. The van der Waals surface area contributed by atoms with Crippen molar-refractivity contribution in [1.82, 2.24) is 4.90 Å². The van der Waals surface area contributed by atoms with E-state index in [-0.39, 0.29) is 18.8 Å². The second-order valence-electron chi connectivity index (χ2n) is 9.38. The Morgan fingerprint density at radius 3 is 1.86 bits per heavy atom. The smallest absolute Gasteiger partial charge is 0.411 e. The summed E-state index contributed by atoms with van der Waals surface area (Å²) in [5.41, 5.74) is 0.852. The van der Waals surface area contributed by atoms with Gasteiger partial charge in [-0.1, -0.05) is 81.4 Å². The van der Waals surface area contributed by atoms with E-state index in [1.54, 1.807) is 4.90 Å². The van der Waals surface area contributed by atoms with E-state index in [0.717, 1.165) is 11.1 Å². The number of Topliss-reactive ketones (excluding diaryl/α,β-unsaturated/α-hetero) is 1. The van der Waals surface area contributed by atoms with Crippen LogP contribution in [-0.2, 0) is 16.1 Å². The molecule has 156 valence electrons. The number of ketones is 1. The van der Waals surface area contributed by atoms with Gasteiger partial charge in [-0.25, -0.2) is 4.79 Å². The summed E-state index contributed by atoms with van der Waals surface area (Å²) < 4.78 is 5.66. The molecule has 0 N–H and O–H groups in total. The van der Waals surface area contributed by atoms with E-state index in [2.05, 4.69) is 0 Å². The van der Waals surface area contributed by atoms with Crippen molar-refractivity contribution in [3.05, 3.63) is 71.8 Å². The Bertz CT molecular complexity index is 801. The van der Waals surface area contributed by atoms with E-state index in [0.29, 0.717) is 0 Å². The zero-order valence-corrected chi connectivity index (χ0v) is 18.4. The van der Waals surface area contributed by atoms with Crippen LogP contribution in [0.15, 0.2) is 60.7 Å². The molecule has 4 nitrogen and oxygen atoms in total. The average Bonchev–Trinajstić information content (AvgIpc) is 2.65. The minimum absolute atomic E-state index is 0.108. The van der Waals surface area contributed by atoms with Crippen molar-refractivity contribution in [1.29, 1.82) is 0 Å². The topological polar surface area (TPSA) is 46.6 Å². The van der Waals surface area contributed by atoms with Gasteiger partial charge in [-0.05, 0) is 31.9 Å². The van der Waals surface area contributed by atoms with E-state index >= 15 is 0 Å². The van der Waals surface area contributed by atoms with E-state index < -0.39 is 23.1 Å². The Balaban J connectivity index is 2.35. The van der Waals surface area contributed by atoms with Crippen molar-refractivity contribution in [2.45, 2.75) is 66.2 Å². The fourth-order valence-corrected chi connectivity index (χ4v) is 3.17. The molecular weight excluding hydrogens is 362 g/mol. The van der Waals surface area contributed by atoms with Crippen molar-refractivity contribution in [3.63, 3.8) is 0 Å². The molecule has 29 heavy (non-hydrogen) atoms. The first-order chi connectivity index (χ1) is 13.5. The molecule has 0 spiro atoms. The van der Waals surface area contributed by atoms with Crippen LogP contribution in [-0.4, -0.2) is 22.3 Å². The quantitative estimate of drug-likeness (QED) is 0.587. The summed E-state index contributed by atoms with van der Waals surface area (Å²) >= 11 is 0. The first-order valence-corrected chi connectivity index (χ1v) is 10.1. The van der Waals surface area contributed by atoms with E-state index in [1.165, 1.54) is 0 Å². The van der Waals surface area contributed by atoms with Crippen molar-refractivity contribution in [2.75, 3.05) is 0 Å². The number of benzene rings is 2. The predicted molar refractivity (Wildman–Crippen MR) is 116 cm³/mol. The average molecular weight is 396 g/mol. The number of rotatable bonds is 6. The Morgan fingerprint density at radius 1 is 0.862 bits per heavy atom. The van der Waals surface area contributed by atoms with Crippen LogP contribution in [0.2, 0.25) is 0 Å². The number of nitrogens with zero attached hydrogens (tertiary/aromatic N) is 1. The second-order valence-corrected chi connectivity index (χ2v) is 9.38. The van der Waals surface area contributed by atoms with E-state index in [1.807, 2.05) is 102 Å². The third-order valence-electron chi connectivity index (χ3n) is 4.84. The summed E-state index contributed by atoms with van der Waals surface area (Å²) in [7, 11) is 0. The summed E-state index contributed by atoms with van der Waals surface area (Å²) in [6.07, 6.45) is -0.178. The lowest BCUT2D eigenvalue weighted by Crippen LogP contribution is -2.49. The summed E-state index contributed by atoms with van der Waals surface area (Å²) in [6, 6.07) is 18.9. The number of carbonyl (C=O) groups excluding carboxylic acids is 2. The third kappa shape index (κ3) is 6.45. The van der Waals surface area contributed by atoms with Crippen molar-refractivity contribution in [3.8, 4) is 0 Å². The molecule has 0 saturated heterocycles. The molecule has 0 radical (unpaired) electrons. The maximum absolute atomic E-state index is 13.2. The third-order valence-corrected chi connectivity index (χ3v) is 4.84. The van der Waals surface area contributed by atoms with Gasteiger partial charge < -0.3 is 4.74 Å². The first-order valence-electron chi connectivity index (χ1n) is 10.1. The number of amides is 1. The van der Waals surface area contributed by atoms with Crippen molar-refractivity contribution >= 4 is 11.9 Å². The molecule has 0 bridgehead atoms. The van der Waals surface area contributed by atoms with Gasteiger partial charge >= 0.3 is 6.09 Å². The minimum atomic E-state index is -0.521. The molecule has 0 fully saturated rings. The molecule has 0 heterocycles. The fraction of sp³-hybridized carbons (Fsp3) is 0.440. The summed E-state index contributed by atoms with van der Waals surface area (Å²) in [4.78, 5) is 27.8. The van der Waals surface area contributed by atoms with Crippen LogP contribution in [0.3, 0.4) is 0 Å². The summed E-state index contributed by atoms with van der Waals surface area (Å²) in [6.45, 7) is 11.8. The molecule has 0 unspecified atom stereocenters. The molecule has 1 atom stereocenters. The zero-order valence-electron chi connectivity index (χ0n) is 18.4. The number of ether oxygens (including phenoxy) is 1. The van der Waals surface area contributed by atoms with Crippen LogP contribution in [0.25, 0.3) is 0 Å². The normalized spacial score (nSPS) is 12.9. The fourth-order valence-electron chi connectivity index (χ4n) is 3.17. The van der Waals surface area contributed by atoms with Crippen LogP contribution in [0.5, 0.6) is 0 Å². The van der Waals surface area contributed by atoms with Crippen LogP contribution in [0.4, 0.5) is 4.79 Å². The van der Waals surface area contributed by atoms with Gasteiger partial charge in [0.2, 0.25) is 0 Å². The van der Waals surface area contributed by atoms with Crippen LogP contribution < -0.4 is 0 Å². The minimum Gasteiger partial charge on any atom is -0.445 e. The zero-order chi connectivity index (χ0) is 21.7. The highest BCUT2D eigenvalue weighted by molar-refractivity contribution is 5.85. The first kappa shape index (κ1) is 22.7. The lowest BCUT2D eigenvalue weighted by Gasteiger charge is -2.41. The lowest BCUT2D eigenvalue weighted by atomic mass is 9.84. The number of hydrogen-bond acceptors (Lipinski definition) is 3. The van der Waals surface area contributed by atoms with Gasteiger partial charge in [0.15, 0.2) is 0 Å². The molecule has 2 aromatic rings. The number of carbonyl (C=O) groups is 2. The van der Waals surface area contributed by atoms with E-state index in [4.69, 9.17) is 4.74 Å². The largest absolute Gasteiger partial charge is 0.445 e. The van der Waals surface area contributed by atoms with Gasteiger partial charge in [0.25, 0.3) is 0 Å². The van der Waals surface area contributed by atoms with Crippen LogP contribution >= 0.6 is 0 Å². The van der Waals surface area contributed by atoms with Gasteiger partial charge in [-0.15, -0.1) is 0 Å². The van der Waals surface area contributed by atoms with Gasteiger partial charge in [0.05, 0.1) is 6.04 Å². The van der Waals surface area contributed by atoms with Crippen molar-refractivity contribution < 1.29 is 14.3 Å². The SMILES string of the molecule is CC(C)(C)C(=O)C[C@@H](c1ccccc1)N(C(=O)OCc1ccccc1)C(C)(C)C. The molecule has 0 aromatic heterocycles. The maximum atomic E-state index is 13.2. The van der Waals surface area contributed by atoms with Crippen molar-refractivity contribution in [2.24, 2.45) is 5.41 Å². The molecule has 0 aliphatic rings. The number of hydrogen-bond donors (Lipinski definition) is 0. The monoisotopic (exact) mass is 395 g/mol. The highest BCUT2D eigenvalue weighted by Crippen LogP contribution is 2.34. The van der Waals surface area contributed by atoms with Gasteiger partial charge in [-0.2, -0.15) is 0 Å². The predicted octanol–water partition coefficient (Wildman–Crippen LogP) is 6.17. The van der Waals surface area contributed by atoms with Gasteiger partial charge in [-0.3, -0.25) is 9.69 Å². The summed E-state index contributed by atoms with van der Waals surface area (Å²) in [5.74, 6) is 0.108. The standard InChI is InChI=1S/C25H33NO3/c1-24(2,3)22(27)17-21(20-15-11-8-12-16-20)26(25(4,5)6)23(28)29-18-19-13-9-7-10-14-19/h7-16,21H,17-18H2,1-6H3/t21-/m0/s1. The molecule has 0 aliphatic carbocycles. The highest BCUT2D eigenvalue weighted by atomic mass is 16.6. The van der Waals surface area contributed by atoms with Crippen LogP contribution in [0.1, 0.15) is 65.1 Å². The molecule has 0 saturated carbocycles. The molecule has 2 aromatic carbocycles. The highest BCUT2D eigenvalue weighted by Gasteiger charge is 2.38. The second kappa shape index (κ2) is 9.25. The molecule has 2 rings (SSSR count). The Kier molecular flexibility index (Phi) is 7.23. The lowest BCUT2D eigenvalue weighted by molar-refractivity contribution is -0.127. The Morgan fingerprint density at radius 2 is 1.38 bits per heavy atom. The molecule has 4 heteroatoms.